The van der Waals surface area contributed by atoms with Gasteiger partial charge in [-0.05, 0) is 71.1 Å². The Hall–Kier alpha value is -0.240. The van der Waals surface area contributed by atoms with Gasteiger partial charge in [-0.3, -0.25) is 15.8 Å². The monoisotopic (exact) mass is 350 g/mol. The van der Waals surface area contributed by atoms with Crippen LogP contribution >= 0.6 is 0 Å². The van der Waals surface area contributed by atoms with Crippen LogP contribution in [0, 0.1) is 17.8 Å². The van der Waals surface area contributed by atoms with Gasteiger partial charge in [-0.1, -0.05) is 27.2 Å². The van der Waals surface area contributed by atoms with Crippen LogP contribution in [0.5, 0.6) is 0 Å². The van der Waals surface area contributed by atoms with Crippen LogP contribution in [0.3, 0.4) is 0 Å². The Morgan fingerprint density at radius 2 is 1.38 bits per heavy atom. The minimum Gasteiger partial charge on any atom is -0.252 e. The van der Waals surface area contributed by atoms with Crippen LogP contribution in [0.25, 0.3) is 0 Å². The van der Waals surface area contributed by atoms with Gasteiger partial charge in [0.1, 0.15) is 0 Å². The molecule has 0 bridgehead atoms. The van der Waals surface area contributed by atoms with E-state index in [0.29, 0.717) is 30.6 Å². The van der Waals surface area contributed by atoms with Gasteiger partial charge >= 0.3 is 0 Å². The summed E-state index contributed by atoms with van der Waals surface area (Å²) in [6, 6.07) is 0. The predicted octanol–water partition coefficient (Wildman–Crippen LogP) is 5.24. The van der Waals surface area contributed by atoms with Crippen molar-refractivity contribution in [1.82, 2.24) is 0 Å². The molecule has 0 aromatic carbocycles. The first-order valence-electron chi connectivity index (χ1n) is 8.93. The molecule has 1 aliphatic rings. The molecule has 0 aromatic heterocycles. The molecule has 1 fully saturated rings. The van der Waals surface area contributed by atoms with Gasteiger partial charge in [-0.15, -0.1) is 0 Å². The molecule has 6 nitrogen and oxygen atoms in total. The summed E-state index contributed by atoms with van der Waals surface area (Å²) in [5.74, 6) is 1.87. The fraction of sp³-hybridized carbons (Fsp3) is 1.00. The van der Waals surface area contributed by atoms with Crippen molar-refractivity contribution in [1.29, 1.82) is 0 Å². The first-order valence-corrected chi connectivity index (χ1v) is 8.93. The van der Waals surface area contributed by atoms with Crippen LogP contribution in [0.2, 0.25) is 0 Å². The van der Waals surface area contributed by atoms with E-state index in [1.165, 1.54) is 12.8 Å². The molecule has 0 saturated heterocycles. The molecule has 0 heterocycles. The van der Waals surface area contributed by atoms with Crippen molar-refractivity contribution < 1.29 is 30.4 Å². The number of hydrogen-bond acceptors (Lipinski definition) is 6. The molecule has 146 valence electrons. The predicted molar refractivity (Wildman–Crippen MR) is 93.7 cm³/mol. The Morgan fingerprint density at radius 3 is 1.71 bits per heavy atom. The standard InChI is InChI=1S/C10H20O2.C8H18O4/c1-7(2)9-5-4-8(3)6-10(9)12-11;1-7(2,11-9)5-6-8(3,4)12-10/h7-11H,4-6H2,1-3H3;9-10H,5-6H2,1-4H3. The van der Waals surface area contributed by atoms with Crippen molar-refractivity contribution in [3.8, 4) is 0 Å². The molecule has 0 aliphatic heterocycles. The molecular formula is C18H38O6. The lowest BCUT2D eigenvalue weighted by molar-refractivity contribution is -0.331. The van der Waals surface area contributed by atoms with Crippen LogP contribution in [0.15, 0.2) is 0 Å². The SMILES string of the molecule is CC(C)(CCC(C)(C)OO)OO.CC1CCC(C(C)C)C(OO)C1. The molecule has 0 radical (unpaired) electrons. The van der Waals surface area contributed by atoms with Crippen molar-refractivity contribution in [2.75, 3.05) is 0 Å². The Kier molecular flexibility index (Phi) is 10.6. The summed E-state index contributed by atoms with van der Waals surface area (Å²) < 4.78 is 0. The average Bonchev–Trinajstić information content (AvgIpc) is 2.53. The molecule has 1 rings (SSSR count). The zero-order valence-corrected chi connectivity index (χ0v) is 16.4. The van der Waals surface area contributed by atoms with Crippen LogP contribution in [-0.2, 0) is 14.7 Å². The normalized spacial score (nSPS) is 25.4. The summed E-state index contributed by atoms with van der Waals surface area (Å²) in [5.41, 5.74) is -1.17. The van der Waals surface area contributed by atoms with E-state index >= 15 is 0 Å². The first kappa shape index (κ1) is 23.8. The van der Waals surface area contributed by atoms with E-state index in [2.05, 4.69) is 35.4 Å². The van der Waals surface area contributed by atoms with Crippen LogP contribution < -0.4 is 0 Å². The number of rotatable bonds is 7. The zero-order chi connectivity index (χ0) is 19.0. The highest BCUT2D eigenvalue weighted by Crippen LogP contribution is 2.34. The third kappa shape index (κ3) is 9.30. The Morgan fingerprint density at radius 1 is 0.917 bits per heavy atom. The molecular weight excluding hydrogens is 312 g/mol. The molecule has 3 unspecified atom stereocenters. The van der Waals surface area contributed by atoms with Crippen LogP contribution in [0.1, 0.15) is 80.6 Å². The van der Waals surface area contributed by atoms with E-state index in [9.17, 15) is 0 Å². The second-order valence-corrected chi connectivity index (χ2v) is 8.67. The van der Waals surface area contributed by atoms with E-state index < -0.39 is 11.2 Å². The van der Waals surface area contributed by atoms with Gasteiger partial charge < -0.3 is 0 Å². The lowest BCUT2D eigenvalue weighted by Gasteiger charge is -2.34. The first-order chi connectivity index (χ1) is 11.0. The van der Waals surface area contributed by atoms with Gasteiger partial charge in [0.25, 0.3) is 0 Å². The van der Waals surface area contributed by atoms with Crippen LogP contribution in [0.4, 0.5) is 0 Å². The Labute approximate surface area is 146 Å². The summed E-state index contributed by atoms with van der Waals surface area (Å²) in [5, 5.41) is 25.6. The fourth-order valence-corrected chi connectivity index (χ4v) is 2.93. The topological polar surface area (TPSA) is 88.4 Å². The molecule has 3 atom stereocenters. The van der Waals surface area contributed by atoms with Gasteiger partial charge in [0, 0.05) is 0 Å². The van der Waals surface area contributed by atoms with Gasteiger partial charge in [0.05, 0.1) is 17.3 Å². The Bertz CT molecular complexity index is 313. The van der Waals surface area contributed by atoms with E-state index in [0.717, 1.165) is 6.42 Å². The summed E-state index contributed by atoms with van der Waals surface area (Å²) >= 11 is 0. The average molecular weight is 350 g/mol. The lowest BCUT2D eigenvalue weighted by atomic mass is 9.75. The van der Waals surface area contributed by atoms with Gasteiger partial charge in [-0.25, -0.2) is 14.7 Å². The highest BCUT2D eigenvalue weighted by molar-refractivity contribution is 4.80. The smallest absolute Gasteiger partial charge is 0.0978 e. The maximum Gasteiger partial charge on any atom is 0.0978 e. The minimum absolute atomic E-state index is 0.0775. The van der Waals surface area contributed by atoms with Crippen LogP contribution in [-0.4, -0.2) is 33.1 Å². The number of hydrogen-bond donors (Lipinski definition) is 3. The van der Waals surface area contributed by atoms with Crippen molar-refractivity contribution in [3.05, 3.63) is 0 Å². The van der Waals surface area contributed by atoms with E-state index in [1.807, 2.05) is 0 Å². The third-order valence-electron chi connectivity index (χ3n) is 4.92. The zero-order valence-electron chi connectivity index (χ0n) is 16.4. The van der Waals surface area contributed by atoms with E-state index in [1.54, 1.807) is 27.7 Å². The fourth-order valence-electron chi connectivity index (χ4n) is 2.93. The maximum atomic E-state index is 8.73. The molecule has 24 heavy (non-hydrogen) atoms. The summed E-state index contributed by atoms with van der Waals surface area (Å²) in [6.45, 7) is 13.7. The van der Waals surface area contributed by atoms with E-state index in [4.69, 9.17) is 15.8 Å². The minimum atomic E-state index is -0.587. The van der Waals surface area contributed by atoms with Crippen molar-refractivity contribution >= 4 is 0 Å². The second kappa shape index (κ2) is 10.7. The van der Waals surface area contributed by atoms with Gasteiger partial charge in [0.2, 0.25) is 0 Å². The highest BCUT2D eigenvalue weighted by atomic mass is 17.1. The molecule has 0 spiro atoms. The molecule has 6 heteroatoms. The van der Waals surface area contributed by atoms with Gasteiger partial charge in [-0.2, -0.15) is 0 Å². The quantitative estimate of drug-likeness (QED) is 0.430. The second-order valence-electron chi connectivity index (χ2n) is 8.67. The molecule has 1 aliphatic carbocycles. The Balaban J connectivity index is 0.000000441. The molecule has 0 aromatic rings. The summed E-state index contributed by atoms with van der Waals surface area (Å²) in [4.78, 5) is 13.0. The molecule has 3 N–H and O–H groups in total. The van der Waals surface area contributed by atoms with Crippen molar-refractivity contribution in [2.24, 2.45) is 17.8 Å². The largest absolute Gasteiger partial charge is 0.252 e. The lowest BCUT2D eigenvalue weighted by Crippen LogP contribution is -2.33. The van der Waals surface area contributed by atoms with E-state index in [-0.39, 0.29) is 6.10 Å². The molecule has 1 saturated carbocycles. The highest BCUT2D eigenvalue weighted by Gasteiger charge is 2.31. The van der Waals surface area contributed by atoms with Crippen molar-refractivity contribution in [2.45, 2.75) is 97.9 Å². The maximum absolute atomic E-state index is 8.73. The van der Waals surface area contributed by atoms with Gasteiger partial charge in [0.15, 0.2) is 0 Å². The van der Waals surface area contributed by atoms with Crippen molar-refractivity contribution in [3.63, 3.8) is 0 Å². The summed E-state index contributed by atoms with van der Waals surface area (Å²) in [6.07, 6.45) is 4.79. The third-order valence-corrected chi connectivity index (χ3v) is 4.92. The summed E-state index contributed by atoms with van der Waals surface area (Å²) in [7, 11) is 0. The molecule has 0 amide bonds.